The molecule has 0 aromatic rings. The molecule has 0 aromatic heterocycles. The van der Waals surface area contributed by atoms with Crippen molar-refractivity contribution < 1.29 is 0 Å². The van der Waals surface area contributed by atoms with Gasteiger partial charge in [-0.15, -0.1) is 0 Å². The molecule has 0 nitrogen and oxygen atoms in total. The molecule has 0 aromatic carbocycles. The highest BCUT2D eigenvalue weighted by Crippen LogP contribution is 2.31. The highest BCUT2D eigenvalue weighted by Gasteiger charge is 2.19. The van der Waals surface area contributed by atoms with Gasteiger partial charge in [0, 0.05) is 5.25 Å². The Kier molecular flexibility index (Phi) is 2.90. The predicted octanol–water partition coefficient (Wildman–Crippen LogP) is 2.93. The minimum Gasteiger partial charge on any atom is -0.162 e. The first-order valence-corrected chi connectivity index (χ1v) is 5.16. The SMILES string of the molecule is CS[C@H]1CCCCC1C. The molecule has 0 bridgehead atoms. The van der Waals surface area contributed by atoms with Gasteiger partial charge in [0.15, 0.2) is 0 Å². The van der Waals surface area contributed by atoms with Crippen LogP contribution in [-0.4, -0.2) is 11.5 Å². The predicted molar refractivity (Wildman–Crippen MR) is 44.9 cm³/mol. The smallest absolute Gasteiger partial charge is 0.00699 e. The fourth-order valence-corrected chi connectivity index (χ4v) is 2.64. The largest absolute Gasteiger partial charge is 0.162 e. The van der Waals surface area contributed by atoms with E-state index in [-0.39, 0.29) is 0 Å². The molecule has 1 heteroatoms. The third kappa shape index (κ3) is 1.89. The maximum absolute atomic E-state index is 2.39. The molecule has 1 rings (SSSR count). The minimum atomic E-state index is 0.971. The van der Waals surface area contributed by atoms with Gasteiger partial charge in [-0.05, 0) is 25.0 Å². The summed E-state index contributed by atoms with van der Waals surface area (Å²) in [6.45, 7) is 2.39. The number of hydrogen-bond acceptors (Lipinski definition) is 1. The Bertz CT molecular complexity index is 80.6. The molecule has 2 atom stereocenters. The molecule has 0 N–H and O–H groups in total. The Morgan fingerprint density at radius 1 is 1.22 bits per heavy atom. The van der Waals surface area contributed by atoms with E-state index in [1.165, 1.54) is 25.7 Å². The van der Waals surface area contributed by atoms with Crippen molar-refractivity contribution in [1.82, 2.24) is 0 Å². The van der Waals surface area contributed by atoms with Gasteiger partial charge in [-0.25, -0.2) is 0 Å². The molecule has 9 heavy (non-hydrogen) atoms. The first kappa shape index (κ1) is 7.46. The highest BCUT2D eigenvalue weighted by molar-refractivity contribution is 7.99. The second-order valence-corrected chi connectivity index (χ2v) is 4.11. The van der Waals surface area contributed by atoms with Crippen molar-refractivity contribution in [2.45, 2.75) is 37.9 Å². The van der Waals surface area contributed by atoms with Gasteiger partial charge < -0.3 is 0 Å². The average Bonchev–Trinajstić information content (AvgIpc) is 1.89. The quantitative estimate of drug-likeness (QED) is 0.545. The van der Waals surface area contributed by atoms with E-state index in [0.29, 0.717) is 0 Å². The zero-order valence-electron chi connectivity index (χ0n) is 6.39. The second-order valence-electron chi connectivity index (χ2n) is 3.04. The van der Waals surface area contributed by atoms with E-state index < -0.39 is 0 Å². The van der Waals surface area contributed by atoms with Gasteiger partial charge in [0.2, 0.25) is 0 Å². The minimum absolute atomic E-state index is 0.971. The molecule has 0 aliphatic heterocycles. The van der Waals surface area contributed by atoms with Crippen LogP contribution in [0.2, 0.25) is 0 Å². The Morgan fingerprint density at radius 3 is 2.33 bits per heavy atom. The Hall–Kier alpha value is 0.350. The molecular weight excluding hydrogens is 128 g/mol. The number of rotatable bonds is 1. The molecule has 0 spiro atoms. The van der Waals surface area contributed by atoms with E-state index in [4.69, 9.17) is 0 Å². The summed E-state index contributed by atoms with van der Waals surface area (Å²) in [6, 6.07) is 0. The van der Waals surface area contributed by atoms with E-state index in [1.807, 2.05) is 0 Å². The van der Waals surface area contributed by atoms with Crippen LogP contribution in [-0.2, 0) is 0 Å². The van der Waals surface area contributed by atoms with Crippen LogP contribution >= 0.6 is 11.8 Å². The van der Waals surface area contributed by atoms with Crippen molar-refractivity contribution in [2.75, 3.05) is 6.26 Å². The van der Waals surface area contributed by atoms with E-state index in [1.54, 1.807) is 0 Å². The topological polar surface area (TPSA) is 0 Å². The number of thioether (sulfide) groups is 1. The normalized spacial score (nSPS) is 36.7. The molecule has 54 valence electrons. The molecule has 0 amide bonds. The van der Waals surface area contributed by atoms with Crippen molar-refractivity contribution in [1.29, 1.82) is 0 Å². The summed E-state index contributed by atoms with van der Waals surface area (Å²) in [5.74, 6) is 0.980. The van der Waals surface area contributed by atoms with Crippen LogP contribution in [0.25, 0.3) is 0 Å². The lowest BCUT2D eigenvalue weighted by molar-refractivity contribution is 0.398. The van der Waals surface area contributed by atoms with Gasteiger partial charge in [-0.2, -0.15) is 11.8 Å². The lowest BCUT2D eigenvalue weighted by Gasteiger charge is -2.26. The average molecular weight is 144 g/mol. The summed E-state index contributed by atoms with van der Waals surface area (Å²) in [5.41, 5.74) is 0. The molecule has 1 fully saturated rings. The van der Waals surface area contributed by atoms with Crippen LogP contribution in [0.3, 0.4) is 0 Å². The summed E-state index contributed by atoms with van der Waals surface area (Å²) in [7, 11) is 0. The zero-order chi connectivity index (χ0) is 6.69. The molecule has 1 aliphatic rings. The van der Waals surface area contributed by atoms with Gasteiger partial charge in [-0.1, -0.05) is 19.8 Å². The second kappa shape index (κ2) is 3.50. The monoisotopic (exact) mass is 144 g/mol. The summed E-state index contributed by atoms with van der Waals surface area (Å²) in [5, 5.41) is 0.971. The third-order valence-corrected chi connectivity index (χ3v) is 3.64. The van der Waals surface area contributed by atoms with Crippen LogP contribution in [0.5, 0.6) is 0 Å². The Balaban J connectivity index is 2.30. The maximum Gasteiger partial charge on any atom is 0.00699 e. The maximum atomic E-state index is 2.39. The van der Waals surface area contributed by atoms with Gasteiger partial charge >= 0.3 is 0 Å². The third-order valence-electron chi connectivity index (χ3n) is 2.34. The van der Waals surface area contributed by atoms with Crippen LogP contribution in [0.4, 0.5) is 0 Å². The van der Waals surface area contributed by atoms with Crippen molar-refractivity contribution in [2.24, 2.45) is 5.92 Å². The summed E-state index contributed by atoms with van der Waals surface area (Å²) in [6.07, 6.45) is 8.11. The van der Waals surface area contributed by atoms with E-state index in [9.17, 15) is 0 Å². The fourth-order valence-electron chi connectivity index (χ4n) is 1.63. The molecule has 1 aliphatic carbocycles. The lowest BCUT2D eigenvalue weighted by Crippen LogP contribution is -2.18. The molecule has 0 radical (unpaired) electrons. The van der Waals surface area contributed by atoms with Gasteiger partial charge in [0.25, 0.3) is 0 Å². The van der Waals surface area contributed by atoms with Crippen molar-refractivity contribution in [3.05, 3.63) is 0 Å². The summed E-state index contributed by atoms with van der Waals surface area (Å²) < 4.78 is 0. The van der Waals surface area contributed by atoms with Crippen molar-refractivity contribution in [3.8, 4) is 0 Å². The van der Waals surface area contributed by atoms with Crippen LogP contribution in [0.15, 0.2) is 0 Å². The standard InChI is InChI=1S/C8H16S/c1-7-5-3-4-6-8(7)9-2/h7-8H,3-6H2,1-2H3/t7?,8-/m0/s1. The highest BCUT2D eigenvalue weighted by atomic mass is 32.2. The van der Waals surface area contributed by atoms with E-state index >= 15 is 0 Å². The molecule has 0 saturated heterocycles. The zero-order valence-corrected chi connectivity index (χ0v) is 7.21. The van der Waals surface area contributed by atoms with E-state index in [0.717, 1.165) is 11.2 Å². The fraction of sp³-hybridized carbons (Fsp3) is 1.00. The Labute approximate surface area is 62.4 Å². The first-order valence-electron chi connectivity index (χ1n) is 3.87. The van der Waals surface area contributed by atoms with Gasteiger partial charge in [-0.3, -0.25) is 0 Å². The van der Waals surface area contributed by atoms with E-state index in [2.05, 4.69) is 24.9 Å². The Morgan fingerprint density at radius 2 is 1.89 bits per heavy atom. The van der Waals surface area contributed by atoms with Crippen LogP contribution in [0.1, 0.15) is 32.6 Å². The molecule has 1 unspecified atom stereocenters. The molecule has 1 saturated carbocycles. The van der Waals surface area contributed by atoms with Crippen LogP contribution in [0, 0.1) is 5.92 Å². The van der Waals surface area contributed by atoms with Crippen molar-refractivity contribution in [3.63, 3.8) is 0 Å². The molecule has 0 heterocycles. The first-order chi connectivity index (χ1) is 4.34. The lowest BCUT2D eigenvalue weighted by atomic mass is 9.90. The summed E-state index contributed by atoms with van der Waals surface area (Å²) >= 11 is 2.05. The van der Waals surface area contributed by atoms with Crippen LogP contribution < -0.4 is 0 Å². The molecular formula is C8H16S. The number of hydrogen-bond donors (Lipinski definition) is 0. The van der Waals surface area contributed by atoms with Gasteiger partial charge in [0.05, 0.1) is 0 Å². The summed E-state index contributed by atoms with van der Waals surface area (Å²) in [4.78, 5) is 0. The van der Waals surface area contributed by atoms with Gasteiger partial charge in [0.1, 0.15) is 0 Å². The van der Waals surface area contributed by atoms with Crippen molar-refractivity contribution >= 4 is 11.8 Å².